The molecule has 3 rings (SSSR count). The maximum atomic E-state index is 14.1. The number of hydrogen-bond donors (Lipinski definition) is 0. The molecule has 0 fully saturated rings. The van der Waals surface area contributed by atoms with Crippen LogP contribution in [0.4, 0.5) is 4.39 Å². The summed E-state index contributed by atoms with van der Waals surface area (Å²) in [5.41, 5.74) is 1.09. The van der Waals surface area contributed by atoms with Gasteiger partial charge in [0.2, 0.25) is 5.82 Å². The van der Waals surface area contributed by atoms with Gasteiger partial charge >= 0.3 is 0 Å². The second kappa shape index (κ2) is 5.66. The Morgan fingerprint density at radius 1 is 1.29 bits per heavy atom. The van der Waals surface area contributed by atoms with Crippen LogP contribution in [0.1, 0.15) is 12.6 Å². The van der Waals surface area contributed by atoms with Crippen LogP contribution in [-0.4, -0.2) is 25.0 Å². The number of hydrogen-bond acceptors (Lipinski definition) is 5. The molecule has 0 unspecified atom stereocenters. The number of halogens is 1. The Bertz CT molecular complexity index is 745. The highest BCUT2D eigenvalue weighted by Crippen LogP contribution is 2.24. The topological polar surface area (TPSA) is 65.7 Å². The molecule has 0 aliphatic rings. The molecule has 6 nitrogen and oxygen atoms in total. The number of aromatic nitrogens is 5. The van der Waals surface area contributed by atoms with E-state index >= 15 is 0 Å². The lowest BCUT2D eigenvalue weighted by molar-refractivity contribution is 0.415. The normalized spacial score (nSPS) is 10.6. The minimum absolute atomic E-state index is 0.0856. The summed E-state index contributed by atoms with van der Waals surface area (Å²) in [6.45, 7) is 1.82. The average molecular weight is 285 g/mol. The van der Waals surface area contributed by atoms with Crippen molar-refractivity contribution in [3.8, 4) is 17.3 Å². The summed E-state index contributed by atoms with van der Waals surface area (Å²) in [4.78, 5) is 7.70. The van der Waals surface area contributed by atoms with Crippen LogP contribution in [0.25, 0.3) is 5.69 Å². The van der Waals surface area contributed by atoms with E-state index in [1.807, 2.05) is 13.0 Å². The van der Waals surface area contributed by atoms with Crippen molar-refractivity contribution in [1.82, 2.24) is 25.0 Å². The predicted octanol–water partition coefficient (Wildman–Crippen LogP) is 2.55. The van der Waals surface area contributed by atoms with Crippen molar-refractivity contribution < 1.29 is 9.13 Å². The third kappa shape index (κ3) is 2.71. The first kappa shape index (κ1) is 13.2. The SMILES string of the molecule is CCc1ncnc(Oc2cccc(-n3ccnn3)c2)c1F. The molecule has 0 N–H and O–H groups in total. The fraction of sp³-hybridized carbons (Fsp3) is 0.143. The van der Waals surface area contributed by atoms with Gasteiger partial charge < -0.3 is 4.74 Å². The van der Waals surface area contributed by atoms with Gasteiger partial charge in [0.05, 0.1) is 23.8 Å². The van der Waals surface area contributed by atoms with Crippen LogP contribution in [0.3, 0.4) is 0 Å². The lowest BCUT2D eigenvalue weighted by atomic mass is 10.3. The van der Waals surface area contributed by atoms with Gasteiger partial charge in [0, 0.05) is 6.07 Å². The number of benzene rings is 1. The van der Waals surface area contributed by atoms with Crippen LogP contribution in [0.2, 0.25) is 0 Å². The number of ether oxygens (including phenoxy) is 1. The van der Waals surface area contributed by atoms with Crippen molar-refractivity contribution in [2.45, 2.75) is 13.3 Å². The summed E-state index contributed by atoms with van der Waals surface area (Å²) in [6, 6.07) is 7.07. The maximum absolute atomic E-state index is 14.1. The zero-order valence-corrected chi connectivity index (χ0v) is 11.3. The van der Waals surface area contributed by atoms with Gasteiger partial charge in [-0.1, -0.05) is 18.2 Å². The molecule has 0 spiro atoms. The molecule has 21 heavy (non-hydrogen) atoms. The highest BCUT2D eigenvalue weighted by atomic mass is 19.1. The highest BCUT2D eigenvalue weighted by molar-refractivity contribution is 5.40. The van der Waals surface area contributed by atoms with E-state index in [1.54, 1.807) is 35.3 Å². The summed E-state index contributed by atoms with van der Waals surface area (Å²) in [5.74, 6) is -0.161. The van der Waals surface area contributed by atoms with Gasteiger partial charge in [-0.25, -0.2) is 9.67 Å². The lowest BCUT2D eigenvalue weighted by Crippen LogP contribution is -2.00. The van der Waals surface area contributed by atoms with Crippen molar-refractivity contribution in [3.05, 3.63) is 54.5 Å². The molecule has 0 atom stereocenters. The van der Waals surface area contributed by atoms with Gasteiger partial charge in [-0.05, 0) is 18.6 Å². The molecular weight excluding hydrogens is 273 g/mol. The number of nitrogens with zero attached hydrogens (tertiary/aromatic N) is 5. The molecule has 3 aromatic rings. The Morgan fingerprint density at radius 2 is 2.19 bits per heavy atom. The fourth-order valence-electron chi connectivity index (χ4n) is 1.85. The molecule has 106 valence electrons. The van der Waals surface area contributed by atoms with Gasteiger partial charge in [0.1, 0.15) is 12.1 Å². The van der Waals surface area contributed by atoms with Crippen molar-refractivity contribution in [2.75, 3.05) is 0 Å². The fourth-order valence-corrected chi connectivity index (χ4v) is 1.85. The maximum Gasteiger partial charge on any atom is 0.259 e. The second-order valence-corrected chi connectivity index (χ2v) is 4.24. The van der Waals surface area contributed by atoms with Crippen molar-refractivity contribution in [1.29, 1.82) is 0 Å². The van der Waals surface area contributed by atoms with E-state index in [-0.39, 0.29) is 5.88 Å². The van der Waals surface area contributed by atoms with Crippen LogP contribution in [0.15, 0.2) is 43.0 Å². The molecule has 2 heterocycles. The highest BCUT2D eigenvalue weighted by Gasteiger charge is 2.12. The molecular formula is C14H12FN5O. The Morgan fingerprint density at radius 3 is 2.95 bits per heavy atom. The van der Waals surface area contributed by atoms with E-state index in [9.17, 15) is 4.39 Å². The van der Waals surface area contributed by atoms with Crippen molar-refractivity contribution in [3.63, 3.8) is 0 Å². The quantitative estimate of drug-likeness (QED) is 0.737. The predicted molar refractivity (Wildman–Crippen MR) is 72.8 cm³/mol. The van der Waals surface area contributed by atoms with E-state index in [0.29, 0.717) is 17.9 Å². The van der Waals surface area contributed by atoms with Crippen LogP contribution >= 0.6 is 0 Å². The Hall–Kier alpha value is -2.83. The molecule has 7 heteroatoms. The van der Waals surface area contributed by atoms with E-state index in [0.717, 1.165) is 5.69 Å². The molecule has 0 amide bonds. The molecule has 0 radical (unpaired) electrons. The molecule has 0 bridgehead atoms. The monoisotopic (exact) mass is 285 g/mol. The summed E-state index contributed by atoms with van der Waals surface area (Å²) in [7, 11) is 0. The molecule has 1 aromatic carbocycles. The third-order valence-electron chi connectivity index (χ3n) is 2.88. The summed E-state index contributed by atoms with van der Waals surface area (Å²) in [6.07, 6.45) is 5.05. The van der Waals surface area contributed by atoms with Crippen molar-refractivity contribution >= 4 is 0 Å². The molecule has 0 aliphatic heterocycles. The van der Waals surface area contributed by atoms with Gasteiger partial charge in [-0.2, -0.15) is 9.37 Å². The first-order chi connectivity index (χ1) is 10.3. The van der Waals surface area contributed by atoms with Gasteiger partial charge in [0.25, 0.3) is 5.88 Å². The van der Waals surface area contributed by atoms with E-state index in [1.165, 1.54) is 6.33 Å². The van der Waals surface area contributed by atoms with E-state index < -0.39 is 5.82 Å². The third-order valence-corrected chi connectivity index (χ3v) is 2.88. The summed E-state index contributed by atoms with van der Waals surface area (Å²) < 4.78 is 21.1. The number of aryl methyl sites for hydroxylation is 1. The number of rotatable bonds is 4. The molecule has 2 aromatic heterocycles. The minimum atomic E-state index is -0.536. The van der Waals surface area contributed by atoms with Gasteiger partial charge in [-0.3, -0.25) is 0 Å². The Kier molecular flexibility index (Phi) is 3.55. The smallest absolute Gasteiger partial charge is 0.259 e. The standard InChI is InChI=1S/C14H12FN5O/c1-2-12-13(15)14(17-9-16-12)21-11-5-3-4-10(8-11)20-7-6-18-19-20/h3-9H,2H2,1H3. The summed E-state index contributed by atoms with van der Waals surface area (Å²) in [5, 5.41) is 7.63. The second-order valence-electron chi connectivity index (χ2n) is 4.24. The minimum Gasteiger partial charge on any atom is -0.436 e. The summed E-state index contributed by atoms with van der Waals surface area (Å²) >= 11 is 0. The van der Waals surface area contributed by atoms with Crippen LogP contribution in [-0.2, 0) is 6.42 Å². The first-order valence-corrected chi connectivity index (χ1v) is 6.42. The largest absolute Gasteiger partial charge is 0.436 e. The molecule has 0 aliphatic carbocycles. The Labute approximate surface area is 120 Å². The average Bonchev–Trinajstić information content (AvgIpc) is 3.04. The van der Waals surface area contributed by atoms with Crippen LogP contribution in [0, 0.1) is 5.82 Å². The van der Waals surface area contributed by atoms with Gasteiger partial charge in [-0.15, -0.1) is 5.10 Å². The van der Waals surface area contributed by atoms with Gasteiger partial charge in [0.15, 0.2) is 0 Å². The van der Waals surface area contributed by atoms with Crippen LogP contribution in [0.5, 0.6) is 11.6 Å². The Balaban J connectivity index is 1.91. The zero-order chi connectivity index (χ0) is 14.7. The van der Waals surface area contributed by atoms with E-state index in [2.05, 4.69) is 20.3 Å². The molecule has 0 saturated carbocycles. The van der Waals surface area contributed by atoms with E-state index in [4.69, 9.17) is 4.74 Å². The van der Waals surface area contributed by atoms with Crippen LogP contribution < -0.4 is 4.74 Å². The zero-order valence-electron chi connectivity index (χ0n) is 11.3. The molecule has 0 saturated heterocycles. The lowest BCUT2D eigenvalue weighted by Gasteiger charge is -2.08. The first-order valence-electron chi connectivity index (χ1n) is 6.42. The van der Waals surface area contributed by atoms with Crippen molar-refractivity contribution in [2.24, 2.45) is 0 Å².